The molecule has 2 amide bonds. The van der Waals surface area contributed by atoms with E-state index in [-0.39, 0.29) is 23.3 Å². The summed E-state index contributed by atoms with van der Waals surface area (Å²) in [6.07, 6.45) is -0.668. The van der Waals surface area contributed by atoms with Gasteiger partial charge in [-0.3, -0.25) is 14.6 Å². The summed E-state index contributed by atoms with van der Waals surface area (Å²) in [5, 5.41) is 10.2. The van der Waals surface area contributed by atoms with Crippen molar-refractivity contribution < 1.29 is 37.4 Å². The second kappa shape index (κ2) is 12.3. The number of aliphatic carboxylic acids is 1. The number of ether oxygens (including phenoxy) is 1. The fraction of sp³-hybridized carbons (Fsp3) is 0.481. The molecule has 0 aliphatic carbocycles. The average Bonchev–Trinajstić information content (AvgIpc) is 2.88. The Kier molecular flexibility index (Phi) is 9.35. The van der Waals surface area contributed by atoms with E-state index in [2.05, 4.69) is 30.2 Å². The Labute approximate surface area is 219 Å². The van der Waals surface area contributed by atoms with Crippen LogP contribution in [-0.4, -0.2) is 64.2 Å². The van der Waals surface area contributed by atoms with Crippen LogP contribution in [0.1, 0.15) is 61.5 Å². The maximum absolute atomic E-state index is 12.8. The van der Waals surface area contributed by atoms with Gasteiger partial charge in [0.05, 0.1) is 0 Å². The molecule has 1 fully saturated rings. The summed E-state index contributed by atoms with van der Waals surface area (Å²) in [5.74, 6) is -1.27. The first kappa shape index (κ1) is 28.9. The number of carbonyl (C=O) groups excluding carboxylic acids is 2. The molecule has 1 atom stereocenters. The normalized spacial score (nSPS) is 18.1. The molecule has 1 spiro atoms. The lowest BCUT2D eigenvalue weighted by Gasteiger charge is -2.46. The number of halogens is 3. The molecule has 3 heterocycles. The summed E-state index contributed by atoms with van der Waals surface area (Å²) in [6, 6.07) is 13.5. The van der Waals surface area contributed by atoms with Crippen LogP contribution in [0.25, 0.3) is 0 Å². The minimum atomic E-state index is -5.08. The molecule has 1 aromatic carbocycles. The minimum absolute atomic E-state index is 0.0312. The van der Waals surface area contributed by atoms with Crippen molar-refractivity contribution in [3.8, 4) is 5.75 Å². The largest absolute Gasteiger partial charge is 0.490 e. The molecule has 1 saturated heterocycles. The van der Waals surface area contributed by atoms with Crippen molar-refractivity contribution in [2.24, 2.45) is 5.92 Å². The zero-order valence-electron chi connectivity index (χ0n) is 21.3. The van der Waals surface area contributed by atoms with E-state index >= 15 is 0 Å². The maximum atomic E-state index is 12.8. The first-order valence-corrected chi connectivity index (χ1v) is 12.5. The summed E-state index contributed by atoms with van der Waals surface area (Å²) in [6.45, 7) is 6.14. The van der Waals surface area contributed by atoms with Gasteiger partial charge in [0.15, 0.2) is 0 Å². The Morgan fingerprint density at radius 3 is 2.34 bits per heavy atom. The number of piperidine rings is 1. The molecule has 0 saturated carbocycles. The maximum Gasteiger partial charge on any atom is 0.490 e. The van der Waals surface area contributed by atoms with E-state index in [0.29, 0.717) is 37.7 Å². The van der Waals surface area contributed by atoms with Crippen molar-refractivity contribution in [1.29, 1.82) is 0 Å². The lowest BCUT2D eigenvalue weighted by Crippen LogP contribution is -2.52. The van der Waals surface area contributed by atoms with Gasteiger partial charge >= 0.3 is 12.1 Å². The van der Waals surface area contributed by atoms with E-state index in [0.717, 1.165) is 30.6 Å². The van der Waals surface area contributed by atoms with Crippen LogP contribution in [0.15, 0.2) is 48.7 Å². The first-order chi connectivity index (χ1) is 17.9. The first-order valence-electron chi connectivity index (χ1n) is 12.5. The molecule has 0 bridgehead atoms. The number of nitrogens with one attached hydrogen (secondary N) is 1. The van der Waals surface area contributed by atoms with E-state index in [9.17, 15) is 22.8 Å². The van der Waals surface area contributed by atoms with Crippen LogP contribution in [0.3, 0.4) is 0 Å². The number of carboxylic acids is 1. The summed E-state index contributed by atoms with van der Waals surface area (Å²) in [5.41, 5.74) is 1.26. The third kappa shape index (κ3) is 7.69. The zero-order chi connectivity index (χ0) is 27.9. The number of nitrogens with zero attached hydrogens (tertiary/aromatic N) is 2. The number of pyridine rings is 1. The van der Waals surface area contributed by atoms with Crippen molar-refractivity contribution in [1.82, 2.24) is 15.2 Å². The van der Waals surface area contributed by atoms with Crippen LogP contribution >= 0.6 is 0 Å². The molecule has 8 nitrogen and oxygen atoms in total. The van der Waals surface area contributed by atoms with Crippen molar-refractivity contribution in [3.63, 3.8) is 0 Å². The molecule has 0 radical (unpaired) electrons. The van der Waals surface area contributed by atoms with E-state index in [1.54, 1.807) is 12.3 Å². The van der Waals surface area contributed by atoms with Gasteiger partial charge in [0.1, 0.15) is 17.0 Å². The van der Waals surface area contributed by atoms with Crippen LogP contribution < -0.4 is 10.1 Å². The molecule has 2 N–H and O–H groups in total. The third-order valence-electron chi connectivity index (χ3n) is 6.53. The number of carbonyl (C=O) groups is 3. The van der Waals surface area contributed by atoms with E-state index < -0.39 is 12.1 Å². The second-order valence-corrected chi connectivity index (χ2v) is 9.94. The SMILES string of the molecule is CC(C)CNC(=O)CC1CC2(CCN(C(=O)c3ccccn3)CC2)Oc2ccccc21.O=C(O)C(F)(F)F. The van der Waals surface area contributed by atoms with E-state index in [1.165, 1.54) is 0 Å². The molecule has 4 rings (SSSR count). The molecule has 206 valence electrons. The van der Waals surface area contributed by atoms with E-state index in [4.69, 9.17) is 14.6 Å². The fourth-order valence-corrected chi connectivity index (χ4v) is 4.62. The molecule has 1 unspecified atom stereocenters. The fourth-order valence-electron chi connectivity index (χ4n) is 4.62. The summed E-state index contributed by atoms with van der Waals surface area (Å²) < 4.78 is 38.3. The highest BCUT2D eigenvalue weighted by atomic mass is 19.4. The predicted octanol–water partition coefficient (Wildman–Crippen LogP) is 4.42. The molecule has 11 heteroatoms. The second-order valence-electron chi connectivity index (χ2n) is 9.94. The molecular weight excluding hydrogens is 503 g/mol. The van der Waals surface area contributed by atoms with Gasteiger partial charge in [-0.1, -0.05) is 38.1 Å². The molecule has 2 aliphatic rings. The lowest BCUT2D eigenvalue weighted by atomic mass is 9.76. The smallest absolute Gasteiger partial charge is 0.487 e. The standard InChI is InChI=1S/C25H31N3O3.C2HF3O2/c1-18(2)17-27-23(29)15-19-16-25(31-22-9-4-3-7-20(19)22)10-13-28(14-11-25)24(30)21-8-5-6-12-26-21;3-2(4,5)1(6)7/h3-9,12,18-19H,10-11,13-17H2,1-2H3,(H,27,29);(H,6,7). The summed E-state index contributed by atoms with van der Waals surface area (Å²) in [7, 11) is 0. The number of para-hydroxylation sites is 1. The van der Waals surface area contributed by atoms with Crippen LogP contribution in [0, 0.1) is 5.92 Å². The number of aromatic nitrogens is 1. The van der Waals surface area contributed by atoms with Crippen molar-refractivity contribution in [2.45, 2.75) is 57.2 Å². The molecule has 38 heavy (non-hydrogen) atoms. The van der Waals surface area contributed by atoms with Crippen LogP contribution in [-0.2, 0) is 9.59 Å². The number of benzene rings is 1. The lowest BCUT2D eigenvalue weighted by molar-refractivity contribution is -0.192. The number of amides is 2. The summed E-state index contributed by atoms with van der Waals surface area (Å²) >= 11 is 0. The number of likely N-dealkylation sites (tertiary alicyclic amines) is 1. The van der Waals surface area contributed by atoms with Gasteiger partial charge in [0.25, 0.3) is 5.91 Å². The van der Waals surface area contributed by atoms with Gasteiger partial charge in [-0.05, 0) is 36.1 Å². The van der Waals surface area contributed by atoms with Gasteiger partial charge in [0, 0.05) is 51.0 Å². The van der Waals surface area contributed by atoms with Gasteiger partial charge in [-0.25, -0.2) is 4.79 Å². The van der Waals surface area contributed by atoms with Crippen LogP contribution in [0.2, 0.25) is 0 Å². The van der Waals surface area contributed by atoms with Crippen molar-refractivity contribution >= 4 is 17.8 Å². The highest BCUT2D eigenvalue weighted by Crippen LogP contribution is 2.46. The third-order valence-corrected chi connectivity index (χ3v) is 6.53. The Hall–Kier alpha value is -3.63. The van der Waals surface area contributed by atoms with Gasteiger partial charge < -0.3 is 20.1 Å². The Morgan fingerprint density at radius 2 is 1.76 bits per heavy atom. The topological polar surface area (TPSA) is 109 Å². The highest BCUT2D eigenvalue weighted by Gasteiger charge is 2.44. The monoisotopic (exact) mass is 535 g/mol. The van der Waals surface area contributed by atoms with Crippen LogP contribution in [0.5, 0.6) is 5.75 Å². The van der Waals surface area contributed by atoms with Crippen molar-refractivity contribution in [2.75, 3.05) is 19.6 Å². The Morgan fingerprint density at radius 1 is 1.13 bits per heavy atom. The number of rotatable bonds is 5. The molecule has 1 aromatic heterocycles. The summed E-state index contributed by atoms with van der Waals surface area (Å²) in [4.78, 5) is 40.3. The molecule has 2 aromatic rings. The molecular formula is C27H32F3N3O5. The van der Waals surface area contributed by atoms with Crippen LogP contribution in [0.4, 0.5) is 13.2 Å². The zero-order valence-corrected chi connectivity index (χ0v) is 21.3. The van der Waals surface area contributed by atoms with Crippen molar-refractivity contribution in [3.05, 3.63) is 59.9 Å². The van der Waals surface area contributed by atoms with Gasteiger partial charge in [-0.2, -0.15) is 13.2 Å². The number of hydrogen-bond donors (Lipinski definition) is 2. The average molecular weight is 536 g/mol. The number of alkyl halides is 3. The van der Waals surface area contributed by atoms with Gasteiger partial charge in [0.2, 0.25) is 5.91 Å². The number of carboxylic acid groups (broad SMARTS) is 1. The quantitative estimate of drug-likeness (QED) is 0.587. The Balaban J connectivity index is 0.000000505. The minimum Gasteiger partial charge on any atom is -0.487 e. The number of fused-ring (bicyclic) bond motifs is 1. The van der Waals surface area contributed by atoms with Gasteiger partial charge in [-0.15, -0.1) is 0 Å². The highest BCUT2D eigenvalue weighted by molar-refractivity contribution is 5.92. The van der Waals surface area contributed by atoms with E-state index in [1.807, 2.05) is 35.2 Å². The predicted molar refractivity (Wildman–Crippen MR) is 133 cm³/mol. The molecule has 2 aliphatic heterocycles. The number of hydrogen-bond acceptors (Lipinski definition) is 5. The Bertz CT molecular complexity index is 1120.